The largest absolute Gasteiger partial charge is 0.464 e. The smallest absolute Gasteiger partial charge is 0.229 e. The van der Waals surface area contributed by atoms with Crippen molar-refractivity contribution in [3.63, 3.8) is 0 Å². The summed E-state index contributed by atoms with van der Waals surface area (Å²) >= 11 is 1.59. The fourth-order valence-electron chi connectivity index (χ4n) is 3.09. The molecule has 0 aromatic carbocycles. The minimum absolute atomic E-state index is 0.0599. The summed E-state index contributed by atoms with van der Waals surface area (Å²) in [6.07, 6.45) is 2.40. The Hall–Kier alpha value is -1.62. The van der Waals surface area contributed by atoms with Gasteiger partial charge < -0.3 is 9.32 Å². The predicted molar refractivity (Wildman–Crippen MR) is 86.9 cm³/mol. The van der Waals surface area contributed by atoms with Crippen LogP contribution in [0.3, 0.4) is 0 Å². The van der Waals surface area contributed by atoms with Gasteiger partial charge in [0.05, 0.1) is 23.2 Å². The van der Waals surface area contributed by atoms with Crippen molar-refractivity contribution in [3.05, 3.63) is 39.7 Å². The van der Waals surface area contributed by atoms with Gasteiger partial charge in [0.15, 0.2) is 0 Å². The van der Waals surface area contributed by atoms with Crippen molar-refractivity contribution >= 4 is 17.2 Å². The van der Waals surface area contributed by atoms with E-state index in [9.17, 15) is 4.79 Å². The summed E-state index contributed by atoms with van der Waals surface area (Å²) in [7, 11) is 0. The molecule has 1 aliphatic heterocycles. The number of piperidine rings is 1. The maximum atomic E-state index is 12.7. The van der Waals surface area contributed by atoms with Crippen molar-refractivity contribution < 1.29 is 9.21 Å². The molecule has 1 aliphatic rings. The summed E-state index contributed by atoms with van der Waals surface area (Å²) in [5.41, 5.74) is 0.875. The van der Waals surface area contributed by atoms with Crippen molar-refractivity contribution in [2.75, 3.05) is 6.54 Å². The standard InChI is InChI=1S/C17H22N2O2S/c1-11-6-7-19(15(8-11)16-5-4-12(2)21-16)17(20)9-14-10-22-13(3)18-14/h4-5,10-11,15H,6-9H2,1-3H3/t11-,15+/m0/s1. The van der Waals surface area contributed by atoms with Crippen LogP contribution in [0.25, 0.3) is 0 Å². The maximum Gasteiger partial charge on any atom is 0.229 e. The Labute approximate surface area is 135 Å². The van der Waals surface area contributed by atoms with Gasteiger partial charge in [0.2, 0.25) is 5.91 Å². The molecule has 0 unspecified atom stereocenters. The predicted octanol–water partition coefficient (Wildman–Crippen LogP) is 3.90. The van der Waals surface area contributed by atoms with Gasteiger partial charge in [-0.3, -0.25) is 4.79 Å². The summed E-state index contributed by atoms with van der Waals surface area (Å²) in [5.74, 6) is 2.57. The van der Waals surface area contributed by atoms with Crippen LogP contribution in [-0.2, 0) is 11.2 Å². The molecule has 22 heavy (non-hydrogen) atoms. The normalized spacial score (nSPS) is 22.0. The molecule has 1 saturated heterocycles. The second-order valence-electron chi connectivity index (χ2n) is 6.22. The third-order valence-corrected chi connectivity index (χ3v) is 5.10. The number of hydrogen-bond donors (Lipinski definition) is 0. The number of thiazole rings is 1. The lowest BCUT2D eigenvalue weighted by molar-refractivity contribution is -0.135. The summed E-state index contributed by atoms with van der Waals surface area (Å²) in [6, 6.07) is 4.04. The van der Waals surface area contributed by atoms with Gasteiger partial charge in [0.1, 0.15) is 11.5 Å². The molecule has 0 radical (unpaired) electrons. The lowest BCUT2D eigenvalue weighted by atomic mass is 9.90. The highest BCUT2D eigenvalue weighted by Crippen LogP contribution is 2.35. The molecule has 118 valence electrons. The van der Waals surface area contributed by atoms with Crippen molar-refractivity contribution in [2.24, 2.45) is 5.92 Å². The molecule has 1 amide bonds. The van der Waals surface area contributed by atoms with E-state index in [0.717, 1.165) is 41.6 Å². The van der Waals surface area contributed by atoms with Gasteiger partial charge in [-0.05, 0) is 44.7 Å². The van der Waals surface area contributed by atoms with Crippen LogP contribution in [0.1, 0.15) is 48.0 Å². The zero-order chi connectivity index (χ0) is 15.7. The van der Waals surface area contributed by atoms with Crippen LogP contribution in [0.4, 0.5) is 0 Å². The Morgan fingerprint density at radius 3 is 2.91 bits per heavy atom. The molecule has 5 heteroatoms. The maximum absolute atomic E-state index is 12.7. The number of carbonyl (C=O) groups excluding carboxylic acids is 1. The first kappa shape index (κ1) is 15.3. The first-order chi connectivity index (χ1) is 10.5. The Morgan fingerprint density at radius 1 is 1.45 bits per heavy atom. The summed E-state index contributed by atoms with van der Waals surface area (Å²) < 4.78 is 5.80. The zero-order valence-electron chi connectivity index (χ0n) is 13.3. The first-order valence-electron chi connectivity index (χ1n) is 7.79. The fourth-order valence-corrected chi connectivity index (χ4v) is 3.70. The van der Waals surface area contributed by atoms with Crippen LogP contribution in [0, 0.1) is 19.8 Å². The lowest BCUT2D eigenvalue weighted by Gasteiger charge is -2.37. The molecule has 0 aliphatic carbocycles. The number of aryl methyl sites for hydroxylation is 2. The van der Waals surface area contributed by atoms with Gasteiger partial charge in [-0.2, -0.15) is 0 Å². The van der Waals surface area contributed by atoms with Crippen LogP contribution in [-0.4, -0.2) is 22.3 Å². The van der Waals surface area contributed by atoms with Gasteiger partial charge in [0, 0.05) is 11.9 Å². The highest BCUT2D eigenvalue weighted by atomic mass is 32.1. The second kappa shape index (κ2) is 6.24. The Morgan fingerprint density at radius 2 is 2.27 bits per heavy atom. The molecule has 2 aromatic heterocycles. The SMILES string of the molecule is Cc1ccc([C@H]2C[C@@H](C)CCN2C(=O)Cc2csc(C)n2)o1. The number of likely N-dealkylation sites (tertiary alicyclic amines) is 1. The van der Waals surface area contributed by atoms with Gasteiger partial charge in [0.25, 0.3) is 0 Å². The number of aromatic nitrogens is 1. The van der Waals surface area contributed by atoms with Crippen LogP contribution >= 0.6 is 11.3 Å². The van der Waals surface area contributed by atoms with E-state index < -0.39 is 0 Å². The molecule has 2 aromatic rings. The van der Waals surface area contributed by atoms with Crippen LogP contribution in [0.15, 0.2) is 21.9 Å². The number of furan rings is 1. The zero-order valence-corrected chi connectivity index (χ0v) is 14.2. The van der Waals surface area contributed by atoms with E-state index in [1.165, 1.54) is 0 Å². The molecular weight excluding hydrogens is 296 g/mol. The van der Waals surface area contributed by atoms with Crippen LogP contribution < -0.4 is 0 Å². The number of nitrogens with zero attached hydrogens (tertiary/aromatic N) is 2. The molecular formula is C17H22N2O2S. The van der Waals surface area contributed by atoms with Gasteiger partial charge in [-0.25, -0.2) is 4.98 Å². The minimum atomic E-state index is 0.0599. The number of hydrogen-bond acceptors (Lipinski definition) is 4. The molecule has 2 atom stereocenters. The van der Waals surface area contributed by atoms with Gasteiger partial charge >= 0.3 is 0 Å². The molecule has 0 spiro atoms. The molecule has 0 N–H and O–H groups in total. The molecule has 3 rings (SSSR count). The average molecular weight is 318 g/mol. The second-order valence-corrected chi connectivity index (χ2v) is 7.28. The van der Waals surface area contributed by atoms with Gasteiger partial charge in [-0.1, -0.05) is 6.92 Å². The van der Waals surface area contributed by atoms with E-state index in [1.807, 2.05) is 36.3 Å². The topological polar surface area (TPSA) is 46.3 Å². The summed E-state index contributed by atoms with van der Waals surface area (Å²) in [4.78, 5) is 19.1. The highest BCUT2D eigenvalue weighted by Gasteiger charge is 2.33. The molecule has 1 fully saturated rings. The number of amides is 1. The van der Waals surface area contributed by atoms with E-state index >= 15 is 0 Å². The van der Waals surface area contributed by atoms with Crippen LogP contribution in [0.2, 0.25) is 0 Å². The van der Waals surface area contributed by atoms with E-state index in [2.05, 4.69) is 11.9 Å². The fraction of sp³-hybridized carbons (Fsp3) is 0.529. The quantitative estimate of drug-likeness (QED) is 0.862. The van der Waals surface area contributed by atoms with Crippen molar-refractivity contribution in [3.8, 4) is 0 Å². The third-order valence-electron chi connectivity index (χ3n) is 4.27. The Balaban J connectivity index is 1.78. The molecule has 3 heterocycles. The van der Waals surface area contributed by atoms with Gasteiger partial charge in [-0.15, -0.1) is 11.3 Å². The number of rotatable bonds is 3. The first-order valence-corrected chi connectivity index (χ1v) is 8.67. The molecule has 4 nitrogen and oxygen atoms in total. The third kappa shape index (κ3) is 3.24. The highest BCUT2D eigenvalue weighted by molar-refractivity contribution is 7.09. The lowest BCUT2D eigenvalue weighted by Crippen LogP contribution is -2.41. The number of carbonyl (C=O) groups is 1. The van der Waals surface area contributed by atoms with E-state index in [-0.39, 0.29) is 11.9 Å². The molecule has 0 saturated carbocycles. The molecule has 0 bridgehead atoms. The van der Waals surface area contributed by atoms with Crippen LogP contribution in [0.5, 0.6) is 0 Å². The van der Waals surface area contributed by atoms with E-state index in [4.69, 9.17) is 4.42 Å². The van der Waals surface area contributed by atoms with Crippen molar-refractivity contribution in [2.45, 2.75) is 46.1 Å². The Kier molecular flexibility index (Phi) is 4.34. The average Bonchev–Trinajstić information content (AvgIpc) is 3.07. The summed E-state index contributed by atoms with van der Waals surface area (Å²) in [6.45, 7) is 6.96. The van der Waals surface area contributed by atoms with E-state index in [1.54, 1.807) is 11.3 Å². The monoisotopic (exact) mass is 318 g/mol. The Bertz CT molecular complexity index is 661. The van der Waals surface area contributed by atoms with E-state index in [0.29, 0.717) is 12.3 Å². The summed E-state index contributed by atoms with van der Waals surface area (Å²) in [5, 5.41) is 2.99. The van der Waals surface area contributed by atoms with Crippen molar-refractivity contribution in [1.82, 2.24) is 9.88 Å². The van der Waals surface area contributed by atoms with Crippen molar-refractivity contribution in [1.29, 1.82) is 0 Å². The minimum Gasteiger partial charge on any atom is -0.464 e.